The fraction of sp³-hybridized carbons (Fsp3) is 0.429. The van der Waals surface area contributed by atoms with Gasteiger partial charge in [0.2, 0.25) is 11.8 Å². The fourth-order valence-electron chi connectivity index (χ4n) is 1.62. The van der Waals surface area contributed by atoms with E-state index in [-0.39, 0.29) is 11.8 Å². The average molecular weight is 298 g/mol. The molecular weight excluding hydrogens is 278 g/mol. The number of halogens is 1. The summed E-state index contributed by atoms with van der Waals surface area (Å²) in [6.45, 7) is 3.72. The van der Waals surface area contributed by atoms with Gasteiger partial charge in [-0.2, -0.15) is 0 Å². The second-order valence-electron chi connectivity index (χ2n) is 4.48. The van der Waals surface area contributed by atoms with E-state index in [0.29, 0.717) is 29.2 Å². The third-order valence-corrected chi connectivity index (χ3v) is 3.10. The summed E-state index contributed by atoms with van der Waals surface area (Å²) in [6, 6.07) is 4.35. The molecular formula is C14H20ClN3O2. The zero-order chi connectivity index (χ0) is 15.1. The number of nitrogens with two attached hydrogens (primary N) is 1. The summed E-state index contributed by atoms with van der Waals surface area (Å²) in [5.41, 5.74) is 6.77. The van der Waals surface area contributed by atoms with E-state index in [1.54, 1.807) is 25.1 Å². The molecule has 1 aromatic carbocycles. The smallest absolute Gasteiger partial charge is 0.241 e. The van der Waals surface area contributed by atoms with Crippen molar-refractivity contribution >= 4 is 34.8 Å². The minimum atomic E-state index is -0.565. The summed E-state index contributed by atoms with van der Waals surface area (Å²) < 4.78 is 0. The Balaban J connectivity index is 2.81. The molecule has 2 amide bonds. The molecule has 0 radical (unpaired) electrons. The molecule has 6 heteroatoms. The van der Waals surface area contributed by atoms with Gasteiger partial charge in [0.25, 0.3) is 0 Å². The number of anilines is 2. The van der Waals surface area contributed by atoms with Crippen LogP contribution in [-0.2, 0) is 9.59 Å². The topological polar surface area (TPSA) is 84.2 Å². The van der Waals surface area contributed by atoms with Crippen LogP contribution in [0.3, 0.4) is 0 Å². The first-order valence-electron chi connectivity index (χ1n) is 6.63. The second kappa shape index (κ2) is 7.87. The van der Waals surface area contributed by atoms with Gasteiger partial charge in [0.15, 0.2) is 0 Å². The molecule has 0 spiro atoms. The summed E-state index contributed by atoms with van der Waals surface area (Å²) in [7, 11) is 0. The van der Waals surface area contributed by atoms with Crippen LogP contribution in [0.1, 0.15) is 33.1 Å². The second-order valence-corrected chi connectivity index (χ2v) is 4.89. The van der Waals surface area contributed by atoms with Crippen LogP contribution < -0.4 is 16.4 Å². The SMILES string of the molecule is CCC[C@H](N)C(=O)Nc1cc(NC(=O)CC)ccc1Cl. The summed E-state index contributed by atoms with van der Waals surface area (Å²) in [6.07, 6.45) is 1.82. The number of hydrogen-bond donors (Lipinski definition) is 3. The molecule has 0 unspecified atom stereocenters. The largest absolute Gasteiger partial charge is 0.326 e. The minimum absolute atomic E-state index is 0.104. The Morgan fingerprint density at radius 1 is 1.30 bits per heavy atom. The third kappa shape index (κ3) is 4.83. The van der Waals surface area contributed by atoms with Gasteiger partial charge < -0.3 is 16.4 Å². The third-order valence-electron chi connectivity index (χ3n) is 2.77. The lowest BCUT2D eigenvalue weighted by atomic mass is 10.1. The van der Waals surface area contributed by atoms with E-state index in [9.17, 15) is 9.59 Å². The lowest BCUT2D eigenvalue weighted by molar-refractivity contribution is -0.117. The van der Waals surface area contributed by atoms with Crippen molar-refractivity contribution in [3.63, 3.8) is 0 Å². The van der Waals surface area contributed by atoms with E-state index < -0.39 is 6.04 Å². The molecule has 5 nitrogen and oxygen atoms in total. The Morgan fingerprint density at radius 2 is 2.00 bits per heavy atom. The van der Waals surface area contributed by atoms with Gasteiger partial charge in [-0.05, 0) is 24.6 Å². The molecule has 1 rings (SSSR count). The monoisotopic (exact) mass is 297 g/mol. The minimum Gasteiger partial charge on any atom is -0.326 e. The number of hydrogen-bond acceptors (Lipinski definition) is 3. The molecule has 0 heterocycles. The van der Waals surface area contributed by atoms with Crippen molar-refractivity contribution in [1.29, 1.82) is 0 Å². The molecule has 1 aromatic rings. The molecule has 0 aliphatic heterocycles. The number of carbonyl (C=O) groups excluding carboxylic acids is 2. The van der Waals surface area contributed by atoms with Crippen molar-refractivity contribution in [1.82, 2.24) is 0 Å². The summed E-state index contributed by atoms with van der Waals surface area (Å²) in [5.74, 6) is -0.389. The normalized spacial score (nSPS) is 11.8. The van der Waals surface area contributed by atoms with Crippen LogP contribution in [0.5, 0.6) is 0 Å². The Hall–Kier alpha value is -1.59. The van der Waals surface area contributed by atoms with Crippen LogP contribution in [0.15, 0.2) is 18.2 Å². The molecule has 0 fully saturated rings. The highest BCUT2D eigenvalue weighted by atomic mass is 35.5. The maximum absolute atomic E-state index is 11.9. The van der Waals surface area contributed by atoms with E-state index >= 15 is 0 Å². The van der Waals surface area contributed by atoms with Gasteiger partial charge in [-0.1, -0.05) is 31.9 Å². The van der Waals surface area contributed by atoms with Crippen molar-refractivity contribution in [3.8, 4) is 0 Å². The standard InChI is InChI=1S/C14H20ClN3O2/c1-3-5-11(16)14(20)18-12-8-9(6-7-10(12)15)17-13(19)4-2/h6-8,11H,3-5,16H2,1-2H3,(H,17,19)(H,18,20)/t11-/m0/s1. The zero-order valence-corrected chi connectivity index (χ0v) is 12.5. The van der Waals surface area contributed by atoms with Gasteiger partial charge in [-0.3, -0.25) is 9.59 Å². The summed E-state index contributed by atoms with van der Waals surface area (Å²) >= 11 is 6.02. The molecule has 0 aromatic heterocycles. The first-order valence-corrected chi connectivity index (χ1v) is 7.01. The molecule has 110 valence electrons. The number of nitrogens with one attached hydrogen (secondary N) is 2. The van der Waals surface area contributed by atoms with Crippen LogP contribution in [0, 0.1) is 0 Å². The predicted molar refractivity (Wildman–Crippen MR) is 81.9 cm³/mol. The predicted octanol–water partition coefficient (Wildman–Crippen LogP) is 2.75. The van der Waals surface area contributed by atoms with E-state index in [0.717, 1.165) is 6.42 Å². The molecule has 0 bridgehead atoms. The van der Waals surface area contributed by atoms with Gasteiger partial charge in [0, 0.05) is 12.1 Å². The maximum Gasteiger partial charge on any atom is 0.241 e. The number of carbonyl (C=O) groups is 2. The van der Waals surface area contributed by atoms with Crippen molar-refractivity contribution in [2.75, 3.05) is 10.6 Å². The van der Waals surface area contributed by atoms with Crippen molar-refractivity contribution in [2.24, 2.45) is 5.73 Å². The van der Waals surface area contributed by atoms with Gasteiger partial charge in [-0.25, -0.2) is 0 Å². The van der Waals surface area contributed by atoms with E-state index in [2.05, 4.69) is 10.6 Å². The molecule has 4 N–H and O–H groups in total. The molecule has 1 atom stereocenters. The number of amides is 2. The Bertz CT molecular complexity index is 491. The number of benzene rings is 1. The fourth-order valence-corrected chi connectivity index (χ4v) is 1.78. The number of rotatable bonds is 6. The van der Waals surface area contributed by atoms with E-state index in [4.69, 9.17) is 17.3 Å². The van der Waals surface area contributed by atoms with Crippen LogP contribution in [0.25, 0.3) is 0 Å². The molecule has 0 aliphatic rings. The molecule has 0 aliphatic carbocycles. The highest BCUT2D eigenvalue weighted by molar-refractivity contribution is 6.34. The first-order chi connectivity index (χ1) is 9.47. The molecule has 0 saturated carbocycles. The van der Waals surface area contributed by atoms with Crippen LogP contribution in [0.2, 0.25) is 5.02 Å². The summed E-state index contributed by atoms with van der Waals surface area (Å²) in [5, 5.41) is 5.79. The van der Waals surface area contributed by atoms with Gasteiger partial charge in [-0.15, -0.1) is 0 Å². The zero-order valence-electron chi connectivity index (χ0n) is 11.7. The Kier molecular flexibility index (Phi) is 6.48. The lowest BCUT2D eigenvalue weighted by Crippen LogP contribution is -2.35. The Labute approximate surface area is 123 Å². The van der Waals surface area contributed by atoms with Crippen LogP contribution in [0.4, 0.5) is 11.4 Å². The van der Waals surface area contributed by atoms with E-state index in [1.807, 2.05) is 6.92 Å². The van der Waals surface area contributed by atoms with Crippen molar-refractivity contribution < 1.29 is 9.59 Å². The van der Waals surface area contributed by atoms with Crippen LogP contribution in [-0.4, -0.2) is 17.9 Å². The molecule has 0 saturated heterocycles. The first kappa shape index (κ1) is 16.5. The van der Waals surface area contributed by atoms with Gasteiger partial charge >= 0.3 is 0 Å². The maximum atomic E-state index is 11.9. The highest BCUT2D eigenvalue weighted by Crippen LogP contribution is 2.25. The van der Waals surface area contributed by atoms with Crippen molar-refractivity contribution in [2.45, 2.75) is 39.2 Å². The summed E-state index contributed by atoms with van der Waals surface area (Å²) in [4.78, 5) is 23.2. The quantitative estimate of drug-likeness (QED) is 0.755. The lowest BCUT2D eigenvalue weighted by Gasteiger charge is -2.13. The Morgan fingerprint density at radius 3 is 2.60 bits per heavy atom. The van der Waals surface area contributed by atoms with E-state index in [1.165, 1.54) is 0 Å². The van der Waals surface area contributed by atoms with Gasteiger partial charge in [0.05, 0.1) is 16.8 Å². The van der Waals surface area contributed by atoms with Crippen LogP contribution >= 0.6 is 11.6 Å². The molecule has 20 heavy (non-hydrogen) atoms. The van der Waals surface area contributed by atoms with Crippen molar-refractivity contribution in [3.05, 3.63) is 23.2 Å². The highest BCUT2D eigenvalue weighted by Gasteiger charge is 2.14. The average Bonchev–Trinajstić information content (AvgIpc) is 2.42. The van der Waals surface area contributed by atoms with Gasteiger partial charge in [0.1, 0.15) is 0 Å².